The molecular weight excluding hydrogens is 331 g/mol. The van der Waals surface area contributed by atoms with Crippen molar-refractivity contribution in [1.29, 1.82) is 0 Å². The number of rotatable bonds is 4. The van der Waals surface area contributed by atoms with Gasteiger partial charge in [-0.15, -0.1) is 5.06 Å². The van der Waals surface area contributed by atoms with Crippen LogP contribution in [0.2, 0.25) is 10.0 Å². The molecule has 1 rings (SSSR count). The van der Waals surface area contributed by atoms with E-state index in [0.717, 1.165) is 5.06 Å². The summed E-state index contributed by atoms with van der Waals surface area (Å²) in [5, 5.41) is 3.99. The Morgan fingerprint density at radius 2 is 1.95 bits per heavy atom. The number of hydroxylamine groups is 2. The number of halogens is 2. The summed E-state index contributed by atoms with van der Waals surface area (Å²) in [6, 6.07) is 4.57. The molecule has 0 bridgehead atoms. The van der Waals surface area contributed by atoms with E-state index in [0.29, 0.717) is 22.2 Å². The number of benzene rings is 1. The van der Waals surface area contributed by atoms with Crippen LogP contribution in [0.5, 0.6) is 0 Å². The minimum absolute atomic E-state index is 0.223. The molecule has 0 aliphatic carbocycles. The summed E-state index contributed by atoms with van der Waals surface area (Å²) in [5.41, 5.74) is 0.396. The molecule has 0 aromatic heterocycles. The quantitative estimate of drug-likeness (QED) is 0.799. The van der Waals surface area contributed by atoms with Crippen molar-refractivity contribution in [2.24, 2.45) is 0 Å². The van der Waals surface area contributed by atoms with Crippen LogP contribution < -0.4 is 5.32 Å². The first-order chi connectivity index (χ1) is 10.3. The van der Waals surface area contributed by atoms with Crippen LogP contribution in [0, 0.1) is 0 Å². The van der Waals surface area contributed by atoms with Gasteiger partial charge in [0.25, 0.3) is 0 Å². The highest BCUT2D eigenvalue weighted by atomic mass is 35.5. The predicted octanol–water partition coefficient (Wildman–Crippen LogP) is 4.71. The number of anilines is 1. The summed E-state index contributed by atoms with van der Waals surface area (Å²) in [4.78, 5) is 28.6. The third kappa shape index (κ3) is 5.99. The molecule has 22 heavy (non-hydrogen) atoms. The Kier molecular flexibility index (Phi) is 7.27. The highest BCUT2D eigenvalue weighted by molar-refractivity contribution is 6.42. The molecule has 1 aromatic rings. The Hall–Kier alpha value is -1.66. The minimum atomic E-state index is -0.826. The lowest BCUT2D eigenvalue weighted by atomic mass is 10.3. The normalized spacial score (nSPS) is 10.3. The third-order valence-corrected chi connectivity index (χ3v) is 3.06. The number of hydrogen-bond acceptors (Lipinski definition) is 4. The van der Waals surface area contributed by atoms with Crippen molar-refractivity contribution >= 4 is 41.1 Å². The van der Waals surface area contributed by atoms with Crippen LogP contribution in [0.3, 0.4) is 0 Å². The van der Waals surface area contributed by atoms with Gasteiger partial charge in [-0.3, -0.25) is 5.32 Å². The Bertz CT molecular complexity index is 538. The number of nitrogens with one attached hydrogen (secondary N) is 1. The molecule has 0 aliphatic rings. The number of amides is 2. The number of carbonyl (C=O) groups excluding carboxylic acids is 2. The van der Waals surface area contributed by atoms with E-state index in [1.54, 1.807) is 19.9 Å². The lowest BCUT2D eigenvalue weighted by Gasteiger charge is -2.21. The van der Waals surface area contributed by atoms with Gasteiger partial charge in [-0.1, -0.05) is 30.1 Å². The van der Waals surface area contributed by atoms with Crippen molar-refractivity contribution in [2.45, 2.75) is 33.3 Å². The molecular formula is C14H18Cl2N2O4. The fourth-order valence-electron chi connectivity index (χ4n) is 1.45. The third-order valence-electron chi connectivity index (χ3n) is 2.33. The molecule has 0 saturated heterocycles. The molecule has 0 aliphatic heterocycles. The maximum absolute atomic E-state index is 11.8. The molecule has 0 atom stereocenters. The Balaban J connectivity index is 2.66. The van der Waals surface area contributed by atoms with E-state index in [4.69, 9.17) is 32.8 Å². The van der Waals surface area contributed by atoms with Crippen molar-refractivity contribution in [2.75, 3.05) is 11.9 Å². The van der Waals surface area contributed by atoms with E-state index < -0.39 is 12.2 Å². The molecule has 122 valence electrons. The van der Waals surface area contributed by atoms with Crippen LogP contribution in [0.25, 0.3) is 0 Å². The summed E-state index contributed by atoms with van der Waals surface area (Å²) >= 11 is 11.6. The van der Waals surface area contributed by atoms with Crippen molar-refractivity contribution in [3.63, 3.8) is 0 Å². The van der Waals surface area contributed by atoms with Crippen LogP contribution >= 0.6 is 23.2 Å². The molecule has 2 amide bonds. The molecule has 8 heteroatoms. The maximum atomic E-state index is 11.8. The van der Waals surface area contributed by atoms with Gasteiger partial charge in [-0.05, 0) is 38.5 Å². The van der Waals surface area contributed by atoms with Crippen molar-refractivity contribution in [3.8, 4) is 0 Å². The first-order valence-electron chi connectivity index (χ1n) is 6.75. The SMILES string of the molecule is CCCN(OC(=O)Nc1ccc(Cl)c(Cl)c1)C(=O)OC(C)C. The van der Waals surface area contributed by atoms with Crippen molar-refractivity contribution < 1.29 is 19.2 Å². The summed E-state index contributed by atoms with van der Waals surface area (Å²) in [7, 11) is 0. The maximum Gasteiger partial charge on any atom is 0.443 e. The van der Waals surface area contributed by atoms with Gasteiger partial charge in [0.05, 0.1) is 22.7 Å². The average molecular weight is 349 g/mol. The van der Waals surface area contributed by atoms with Gasteiger partial charge in [0, 0.05) is 5.69 Å². The monoisotopic (exact) mass is 348 g/mol. The molecule has 1 N–H and O–H groups in total. The average Bonchev–Trinajstić information content (AvgIpc) is 2.41. The van der Waals surface area contributed by atoms with Crippen LogP contribution in [0.1, 0.15) is 27.2 Å². The molecule has 0 radical (unpaired) electrons. The van der Waals surface area contributed by atoms with Crippen LogP contribution in [0.15, 0.2) is 18.2 Å². The van der Waals surface area contributed by atoms with Gasteiger partial charge in [-0.25, -0.2) is 9.59 Å². The molecule has 0 saturated carbocycles. The first kappa shape index (κ1) is 18.4. The number of hydrogen-bond donors (Lipinski definition) is 1. The second-order valence-corrected chi connectivity index (χ2v) is 5.48. The molecule has 0 spiro atoms. The van der Waals surface area contributed by atoms with E-state index in [-0.39, 0.29) is 12.6 Å². The van der Waals surface area contributed by atoms with Crippen LogP contribution in [0.4, 0.5) is 15.3 Å². The van der Waals surface area contributed by atoms with E-state index in [1.807, 2.05) is 6.92 Å². The lowest BCUT2D eigenvalue weighted by Crippen LogP contribution is -2.37. The number of carbonyl (C=O) groups is 2. The highest BCUT2D eigenvalue weighted by Gasteiger charge is 2.20. The second-order valence-electron chi connectivity index (χ2n) is 4.67. The van der Waals surface area contributed by atoms with Crippen molar-refractivity contribution in [1.82, 2.24) is 5.06 Å². The van der Waals surface area contributed by atoms with Gasteiger partial charge in [-0.2, -0.15) is 0 Å². The molecule has 0 heterocycles. The van der Waals surface area contributed by atoms with Gasteiger partial charge in [0.2, 0.25) is 0 Å². The van der Waals surface area contributed by atoms with E-state index in [2.05, 4.69) is 5.32 Å². The lowest BCUT2D eigenvalue weighted by molar-refractivity contribution is -0.0837. The molecule has 1 aromatic carbocycles. The molecule has 0 fully saturated rings. The van der Waals surface area contributed by atoms with E-state index >= 15 is 0 Å². The predicted molar refractivity (Wildman–Crippen MR) is 85.2 cm³/mol. The van der Waals surface area contributed by atoms with Crippen LogP contribution in [-0.4, -0.2) is 29.9 Å². The smallest absolute Gasteiger partial charge is 0.443 e. The fourth-order valence-corrected chi connectivity index (χ4v) is 1.75. The summed E-state index contributed by atoms with van der Waals surface area (Å²) in [5.74, 6) is 0. The van der Waals surface area contributed by atoms with E-state index in [9.17, 15) is 9.59 Å². The zero-order valence-electron chi connectivity index (χ0n) is 12.6. The zero-order chi connectivity index (χ0) is 16.7. The van der Waals surface area contributed by atoms with Crippen molar-refractivity contribution in [3.05, 3.63) is 28.2 Å². The fraction of sp³-hybridized carbons (Fsp3) is 0.429. The Morgan fingerprint density at radius 3 is 2.50 bits per heavy atom. The Labute approximate surface area is 139 Å². The standard InChI is InChI=1S/C14H18Cl2N2O4/c1-4-7-18(14(20)21-9(2)3)22-13(19)17-10-5-6-11(15)12(16)8-10/h5-6,8-9H,4,7H2,1-3H3,(H,17,19). The Morgan fingerprint density at radius 1 is 1.27 bits per heavy atom. The largest absolute Gasteiger partial charge is 0.445 e. The van der Waals surface area contributed by atoms with Gasteiger partial charge < -0.3 is 9.57 Å². The minimum Gasteiger partial charge on any atom is -0.445 e. The summed E-state index contributed by atoms with van der Waals surface area (Å²) in [6.45, 7) is 5.48. The number of ether oxygens (including phenoxy) is 1. The highest BCUT2D eigenvalue weighted by Crippen LogP contribution is 2.25. The van der Waals surface area contributed by atoms with Gasteiger partial charge in [0.1, 0.15) is 0 Å². The second kappa shape index (κ2) is 8.70. The van der Waals surface area contributed by atoms with Gasteiger partial charge in [0.15, 0.2) is 0 Å². The summed E-state index contributed by atoms with van der Waals surface area (Å²) in [6.07, 6.45) is -1.25. The zero-order valence-corrected chi connectivity index (χ0v) is 14.1. The molecule has 6 nitrogen and oxygen atoms in total. The van der Waals surface area contributed by atoms with Crippen LogP contribution in [-0.2, 0) is 9.57 Å². The molecule has 0 unspecified atom stereocenters. The van der Waals surface area contributed by atoms with E-state index in [1.165, 1.54) is 12.1 Å². The number of nitrogens with zero attached hydrogens (tertiary/aromatic N) is 1. The topological polar surface area (TPSA) is 67.9 Å². The first-order valence-corrected chi connectivity index (χ1v) is 7.51. The van der Waals surface area contributed by atoms with Gasteiger partial charge >= 0.3 is 12.2 Å². The summed E-state index contributed by atoms with van der Waals surface area (Å²) < 4.78 is 4.99.